The third-order valence-electron chi connectivity index (χ3n) is 1.65. The fourth-order valence-corrected chi connectivity index (χ4v) is 1.27. The van der Waals surface area contributed by atoms with Crippen LogP contribution in [-0.4, -0.2) is 14.8 Å². The minimum Gasteiger partial charge on any atom is -0.282 e. The van der Waals surface area contributed by atoms with Crippen molar-refractivity contribution in [1.82, 2.24) is 14.8 Å². The van der Waals surface area contributed by atoms with Gasteiger partial charge in [-0.3, -0.25) is 10.1 Å². The molecular formula is C8H7N3OS. The molecule has 0 spiro atoms. The van der Waals surface area contributed by atoms with Crippen LogP contribution < -0.4 is 5.69 Å². The molecule has 0 aliphatic carbocycles. The molecule has 1 heterocycles. The molecule has 0 fully saturated rings. The molecule has 0 bridgehead atoms. The van der Waals surface area contributed by atoms with Crippen LogP contribution in [0.4, 0.5) is 0 Å². The number of nitrogens with zero attached hydrogens (tertiary/aromatic N) is 1. The molecule has 5 heteroatoms. The van der Waals surface area contributed by atoms with Gasteiger partial charge in [-0.15, -0.1) is 0 Å². The number of aromatic nitrogens is 3. The molecule has 66 valence electrons. The van der Waals surface area contributed by atoms with E-state index in [4.69, 9.17) is 12.2 Å². The second-order valence-corrected chi connectivity index (χ2v) is 2.95. The standard InChI is InChI=1S/C8H7N3OS/c12-8-9-7(13)10-11(8)6-4-2-1-3-5-6/h1-5H,(H2,9,10,12,13). The van der Waals surface area contributed by atoms with Gasteiger partial charge in [0, 0.05) is 0 Å². The molecule has 0 saturated carbocycles. The molecule has 0 unspecified atom stereocenters. The van der Waals surface area contributed by atoms with Crippen LogP contribution in [0.15, 0.2) is 35.1 Å². The fourth-order valence-electron chi connectivity index (χ4n) is 1.09. The number of aromatic amines is 2. The molecular weight excluding hydrogens is 186 g/mol. The van der Waals surface area contributed by atoms with Crippen molar-refractivity contribution in [3.05, 3.63) is 45.6 Å². The molecule has 2 N–H and O–H groups in total. The highest BCUT2D eigenvalue weighted by molar-refractivity contribution is 7.71. The zero-order chi connectivity index (χ0) is 9.26. The molecule has 0 aliphatic rings. The summed E-state index contributed by atoms with van der Waals surface area (Å²) >= 11 is 4.79. The number of rotatable bonds is 1. The van der Waals surface area contributed by atoms with Crippen LogP contribution >= 0.6 is 12.2 Å². The summed E-state index contributed by atoms with van der Waals surface area (Å²) in [6.07, 6.45) is 0. The first-order chi connectivity index (χ1) is 6.27. The summed E-state index contributed by atoms with van der Waals surface area (Å²) in [5.41, 5.74) is 0.510. The molecule has 1 aromatic carbocycles. The largest absolute Gasteiger partial charge is 0.347 e. The van der Waals surface area contributed by atoms with E-state index >= 15 is 0 Å². The van der Waals surface area contributed by atoms with Gasteiger partial charge in [-0.1, -0.05) is 18.2 Å². The molecule has 0 aliphatic heterocycles. The van der Waals surface area contributed by atoms with E-state index in [1.54, 1.807) is 0 Å². The molecule has 1 aromatic heterocycles. The van der Waals surface area contributed by atoms with Gasteiger partial charge >= 0.3 is 5.69 Å². The highest BCUT2D eigenvalue weighted by Gasteiger charge is 1.98. The Kier molecular flexibility index (Phi) is 1.86. The first-order valence-electron chi connectivity index (χ1n) is 3.74. The van der Waals surface area contributed by atoms with Gasteiger partial charge in [0.1, 0.15) is 0 Å². The lowest BCUT2D eigenvalue weighted by Gasteiger charge is -1.97. The zero-order valence-electron chi connectivity index (χ0n) is 6.65. The summed E-state index contributed by atoms with van der Waals surface area (Å²) in [5, 5.41) is 2.72. The van der Waals surface area contributed by atoms with Crippen LogP contribution in [0.25, 0.3) is 5.69 Å². The number of hydrogen-bond donors (Lipinski definition) is 2. The summed E-state index contributed by atoms with van der Waals surface area (Å²) in [7, 11) is 0. The zero-order valence-corrected chi connectivity index (χ0v) is 7.47. The maximum Gasteiger partial charge on any atom is 0.347 e. The Hall–Kier alpha value is -1.62. The molecule has 0 atom stereocenters. The van der Waals surface area contributed by atoms with E-state index < -0.39 is 0 Å². The van der Waals surface area contributed by atoms with Gasteiger partial charge < -0.3 is 0 Å². The summed E-state index contributed by atoms with van der Waals surface area (Å²) in [6.45, 7) is 0. The van der Waals surface area contributed by atoms with E-state index in [-0.39, 0.29) is 5.69 Å². The predicted molar refractivity (Wildman–Crippen MR) is 51.6 cm³/mol. The molecule has 13 heavy (non-hydrogen) atoms. The van der Waals surface area contributed by atoms with Crippen molar-refractivity contribution in [2.75, 3.05) is 0 Å². The average molecular weight is 193 g/mol. The van der Waals surface area contributed by atoms with Crippen molar-refractivity contribution in [3.8, 4) is 5.69 Å². The predicted octanol–water partition coefficient (Wildman–Crippen LogP) is 1.22. The number of hydrogen-bond acceptors (Lipinski definition) is 2. The summed E-state index contributed by atoms with van der Waals surface area (Å²) < 4.78 is 1.69. The lowest BCUT2D eigenvalue weighted by atomic mass is 10.3. The van der Waals surface area contributed by atoms with E-state index in [2.05, 4.69) is 10.1 Å². The Morgan fingerprint density at radius 1 is 1.23 bits per heavy atom. The van der Waals surface area contributed by atoms with E-state index in [9.17, 15) is 4.79 Å². The molecule has 0 amide bonds. The van der Waals surface area contributed by atoms with Crippen molar-refractivity contribution >= 4 is 12.2 Å². The normalized spacial score (nSPS) is 10.2. The van der Waals surface area contributed by atoms with Gasteiger partial charge in [-0.25, -0.2) is 9.48 Å². The van der Waals surface area contributed by atoms with Crippen molar-refractivity contribution in [2.24, 2.45) is 0 Å². The Bertz CT molecular complexity index is 508. The Balaban J connectivity index is 2.66. The van der Waals surface area contributed by atoms with Crippen LogP contribution in [-0.2, 0) is 0 Å². The minimum absolute atomic E-state index is 0.254. The Morgan fingerprint density at radius 2 is 1.92 bits per heavy atom. The number of nitrogens with one attached hydrogen (secondary N) is 2. The average Bonchev–Trinajstić information content (AvgIpc) is 2.47. The van der Waals surface area contributed by atoms with Crippen LogP contribution in [0.5, 0.6) is 0 Å². The monoisotopic (exact) mass is 193 g/mol. The maximum absolute atomic E-state index is 11.2. The van der Waals surface area contributed by atoms with Crippen molar-refractivity contribution in [1.29, 1.82) is 0 Å². The highest BCUT2D eigenvalue weighted by Crippen LogP contribution is 2.00. The van der Waals surface area contributed by atoms with Crippen LogP contribution in [0.1, 0.15) is 0 Å². The van der Waals surface area contributed by atoms with Gasteiger partial charge in [0.2, 0.25) is 0 Å². The van der Waals surface area contributed by atoms with Gasteiger partial charge in [0.15, 0.2) is 4.77 Å². The molecule has 4 nitrogen and oxygen atoms in total. The first-order valence-corrected chi connectivity index (χ1v) is 4.15. The van der Waals surface area contributed by atoms with Crippen molar-refractivity contribution < 1.29 is 0 Å². The van der Waals surface area contributed by atoms with Crippen molar-refractivity contribution in [3.63, 3.8) is 0 Å². The minimum atomic E-state index is -0.254. The Labute approximate surface area is 78.8 Å². The van der Waals surface area contributed by atoms with E-state index in [1.807, 2.05) is 30.3 Å². The van der Waals surface area contributed by atoms with Gasteiger partial charge in [-0.05, 0) is 24.4 Å². The van der Waals surface area contributed by atoms with Gasteiger partial charge in [-0.2, -0.15) is 0 Å². The third-order valence-corrected chi connectivity index (χ3v) is 1.84. The number of H-pyrrole nitrogens is 2. The molecule has 2 aromatic rings. The number of para-hydroxylation sites is 1. The third kappa shape index (κ3) is 1.46. The fraction of sp³-hybridized carbons (Fsp3) is 0. The summed E-state index contributed by atoms with van der Waals surface area (Å²) in [5.74, 6) is 0. The first kappa shape index (κ1) is 8.00. The van der Waals surface area contributed by atoms with Crippen LogP contribution in [0.2, 0.25) is 0 Å². The quantitative estimate of drug-likeness (QED) is 0.669. The topological polar surface area (TPSA) is 53.6 Å². The summed E-state index contributed by atoms with van der Waals surface area (Å²) in [6, 6.07) is 9.23. The number of benzene rings is 1. The molecule has 2 rings (SSSR count). The van der Waals surface area contributed by atoms with Crippen molar-refractivity contribution in [2.45, 2.75) is 0 Å². The van der Waals surface area contributed by atoms with Crippen LogP contribution in [0.3, 0.4) is 0 Å². The lowest BCUT2D eigenvalue weighted by molar-refractivity contribution is 0.840. The second-order valence-electron chi connectivity index (χ2n) is 2.54. The maximum atomic E-state index is 11.2. The highest BCUT2D eigenvalue weighted by atomic mass is 32.1. The molecule has 0 radical (unpaired) electrons. The van der Waals surface area contributed by atoms with Gasteiger partial charge in [0.05, 0.1) is 5.69 Å². The smallest absolute Gasteiger partial charge is 0.282 e. The second kappa shape index (κ2) is 3.02. The van der Waals surface area contributed by atoms with E-state index in [0.717, 1.165) is 5.69 Å². The lowest BCUT2D eigenvalue weighted by Crippen LogP contribution is -2.15. The molecule has 0 saturated heterocycles. The van der Waals surface area contributed by atoms with Gasteiger partial charge in [0.25, 0.3) is 0 Å². The summed E-state index contributed by atoms with van der Waals surface area (Å²) in [4.78, 5) is 13.7. The van der Waals surface area contributed by atoms with E-state index in [1.165, 1.54) is 4.68 Å². The van der Waals surface area contributed by atoms with E-state index in [0.29, 0.717) is 4.77 Å². The van der Waals surface area contributed by atoms with Crippen LogP contribution in [0, 0.1) is 4.77 Å². The SMILES string of the molecule is O=c1[nH]c(=S)[nH]n1-c1ccccc1. The Morgan fingerprint density at radius 3 is 2.46 bits per heavy atom.